The second kappa shape index (κ2) is 44.3. The Kier molecular flexibility index (Phi) is 33.3. The van der Waals surface area contributed by atoms with Crippen LogP contribution in [0.25, 0.3) is 22.3 Å². The van der Waals surface area contributed by atoms with E-state index in [4.69, 9.17) is 100 Å². The molecule has 0 saturated carbocycles. The average molecular weight is 1990 g/mol. The topological polar surface area (TPSA) is 660 Å². The summed E-state index contributed by atoms with van der Waals surface area (Å²) in [6, 6.07) is 11.7. The molecule has 9 amide bonds. The molecule has 0 spiro atoms. The number of aliphatic hydroxyl groups excluding tert-OH is 6. The fourth-order valence-electron chi connectivity index (χ4n) is 17.4. The van der Waals surface area contributed by atoms with Crippen LogP contribution in [0.15, 0.2) is 127 Å². The molecule has 1 unspecified atom stereocenters. The van der Waals surface area contributed by atoms with Gasteiger partial charge >= 0.3 is 12.1 Å². The Morgan fingerprint density at radius 1 is 0.647 bits per heavy atom. The smallest absolute Gasteiger partial charge is 0.411 e. The number of ether oxygens (including phenoxy) is 9. The van der Waals surface area contributed by atoms with Crippen molar-refractivity contribution in [2.24, 2.45) is 28.9 Å². The second-order valence-electron chi connectivity index (χ2n) is 36.0. The standard InChI is InChI=1S/C94H112Cl3N13O29/c1-40(2)26-58(110(7)92(130)131-39-102-83(121)56(99)10-8-9-25-98)85(123)108-73-75(116)47-18-23-61(54(96)28-47)134-63-30-49-31-64(79(63)139-91-80(77(118)76(117)65(38-111)136-91)138-68-36-94(6,82(120)42(4)133-68)103-37-43-11-13-44(14-12-43)45-15-20-50(95)21-16-45)135-62-24-19-48(29-55(62)97)78(137-67-35-93(5,101)81(119)41(3)132-67)74-89(127)107-72(90(128)129)53-32-51(112)33-60(114)69(53)52-27-46(17-22-59(52)113)70(86(124)109-74)106-87(125)71(49)105-84(122)57(34-66(100)115)104-88(73)126/h11-24,27-33,40-42,56-58,65,67-68,70-78,80-82,91,103,111-114,116-120H,8-10,25-26,34-39,98-99,101H2,1-7H3,(H2,100,115)(H,102,121)(H,104,126)(H,105,122)(H,106,125)(H,107,127)(H,108,123)(H,109,124)(H,128,129)/t41-,42-,56-,57-,58+,65+,67-,68-,70+,71+,72-,73+,74-,75+,76+,77-,78+,80+,81-,82-,91?,93-,94-/m0/s1. The van der Waals surface area contributed by atoms with E-state index in [9.17, 15) is 70.2 Å². The van der Waals surface area contributed by atoms with Crippen LogP contribution in [0.4, 0.5) is 4.79 Å². The molecule has 0 aliphatic carbocycles. The van der Waals surface area contributed by atoms with Crippen molar-refractivity contribution in [3.63, 3.8) is 0 Å². The minimum Gasteiger partial charge on any atom is -0.508 e. The highest BCUT2D eigenvalue weighted by molar-refractivity contribution is 6.32. The highest BCUT2D eigenvalue weighted by Crippen LogP contribution is 2.51. The second-order valence-corrected chi connectivity index (χ2v) is 37.2. The van der Waals surface area contributed by atoms with E-state index in [1.807, 2.05) is 36.4 Å². The number of primary amides is 1. The number of nitrogens with one attached hydrogen (secondary N) is 8. The van der Waals surface area contributed by atoms with Crippen LogP contribution in [0.3, 0.4) is 0 Å². The third-order valence-electron chi connectivity index (χ3n) is 25.1. The molecule has 23 atom stereocenters. The summed E-state index contributed by atoms with van der Waals surface area (Å²) >= 11 is 21.0. The molecular weight excluding hydrogens is 1880 g/mol. The fraction of sp³-hybridized carbons (Fsp3) is 0.447. The largest absolute Gasteiger partial charge is 0.508 e. The van der Waals surface area contributed by atoms with Gasteiger partial charge in [-0.25, -0.2) is 9.59 Å². The van der Waals surface area contributed by atoms with E-state index in [1.165, 1.54) is 26.0 Å². The van der Waals surface area contributed by atoms with E-state index in [1.54, 1.807) is 39.8 Å². The molecule has 45 heteroatoms. The number of phenols is 3. The van der Waals surface area contributed by atoms with Crippen molar-refractivity contribution in [1.29, 1.82) is 0 Å². The van der Waals surface area contributed by atoms with Gasteiger partial charge in [0.05, 0.1) is 53.5 Å². The van der Waals surface area contributed by atoms with E-state index in [0.717, 1.165) is 95.4 Å². The summed E-state index contributed by atoms with van der Waals surface area (Å²) in [5.74, 6) is -18.3. The Morgan fingerprint density at radius 2 is 1.25 bits per heavy atom. The molecule has 7 aromatic rings. The van der Waals surface area contributed by atoms with Gasteiger partial charge < -0.3 is 159 Å². The zero-order chi connectivity index (χ0) is 101. The Balaban J connectivity index is 0.990. The van der Waals surface area contributed by atoms with Gasteiger partial charge in [0.15, 0.2) is 43.0 Å². The van der Waals surface area contributed by atoms with Crippen LogP contribution in [-0.4, -0.2) is 251 Å². The molecule has 11 bridgehead atoms. The summed E-state index contributed by atoms with van der Waals surface area (Å²) in [6.07, 6.45) is -24.0. The number of phenolic OH excluding ortho intramolecular Hbond substituents is 3. The van der Waals surface area contributed by atoms with Crippen molar-refractivity contribution in [3.05, 3.63) is 176 Å². The summed E-state index contributed by atoms with van der Waals surface area (Å²) in [5.41, 5.74) is 20.8. The summed E-state index contributed by atoms with van der Waals surface area (Å²) in [5, 5.41) is 138. The number of carboxylic acid groups (broad SMARTS) is 1. The number of carbonyl (C=O) groups is 10. The molecule has 7 aromatic carbocycles. The van der Waals surface area contributed by atoms with Gasteiger partial charge in [-0.2, -0.15) is 0 Å². The normalized spacial score (nSPS) is 28.1. The number of hydrogen-bond donors (Lipinski definition) is 22. The van der Waals surface area contributed by atoms with Gasteiger partial charge in [0.2, 0.25) is 59.3 Å². The number of rotatable bonds is 26. The predicted molar refractivity (Wildman–Crippen MR) is 494 cm³/mol. The van der Waals surface area contributed by atoms with Gasteiger partial charge in [-0.05, 0) is 165 Å². The van der Waals surface area contributed by atoms with Gasteiger partial charge in [0.25, 0.3) is 0 Å². The molecular formula is C94H112Cl3N13O29. The Morgan fingerprint density at radius 3 is 1.87 bits per heavy atom. The molecule has 8 aliphatic heterocycles. The summed E-state index contributed by atoms with van der Waals surface area (Å²) in [7, 11) is 1.16. The number of aromatic hydroxyl groups is 3. The number of halogens is 3. The fourth-order valence-corrected chi connectivity index (χ4v) is 18.0. The third kappa shape index (κ3) is 24.1. The average Bonchev–Trinajstić information content (AvgIpc) is 0.761. The lowest BCUT2D eigenvalue weighted by Crippen LogP contribution is -2.65. The molecule has 15 rings (SSSR count). The van der Waals surface area contributed by atoms with Gasteiger partial charge in [0.1, 0.15) is 95.5 Å². The summed E-state index contributed by atoms with van der Waals surface area (Å²) in [4.78, 5) is 151. The van der Waals surface area contributed by atoms with Crippen molar-refractivity contribution < 1.29 is 142 Å². The Hall–Kier alpha value is -11.9. The Labute approximate surface area is 811 Å². The first-order valence-electron chi connectivity index (χ1n) is 44.6. The molecule has 139 heavy (non-hydrogen) atoms. The zero-order valence-electron chi connectivity index (χ0n) is 76.2. The SMILES string of the molecule is CC(C)C[C@H](C(=O)N[C@H]1C(=O)N[C@@H](CC(N)=O)C(=O)N[C@H]2C(=O)N[C@H]3C(=O)N[C@H](C(=O)N[C@H](C(=O)O)c4cc(O)cc(O)c4-c4cc3ccc4O)[C@H](O[C@H]3C[C@](C)(N)[C@@H](O)[C@H](C)O3)c3ccc(c(Cl)c3)Oc3cc2cc(c3OC2O[C@H](CO)[C@@H](O)[C@H](O)[C@H]2O[C@H]2C[C@](C)(NCc3ccc(-c4ccc(Cl)cc4)cc3)[C@@H](O)[C@H](C)O2)Oc2ccc(cc2Cl)[C@H]1O)N(C)C(=O)OCNC(=O)[C@@H](N)CCCCN. The highest BCUT2D eigenvalue weighted by atomic mass is 35.5. The number of amides is 9. The molecule has 0 aromatic heterocycles. The summed E-state index contributed by atoms with van der Waals surface area (Å²) in [6.45, 7) is 8.26. The molecule has 42 nitrogen and oxygen atoms in total. The number of aliphatic hydroxyl groups is 6. The van der Waals surface area contributed by atoms with Crippen molar-refractivity contribution in [1.82, 2.24) is 47.4 Å². The van der Waals surface area contributed by atoms with E-state index in [-0.39, 0.29) is 43.4 Å². The van der Waals surface area contributed by atoms with Crippen LogP contribution in [0.1, 0.15) is 150 Å². The monoisotopic (exact) mass is 1990 g/mol. The number of aliphatic carboxylic acids is 1. The van der Waals surface area contributed by atoms with E-state index < -0.39 is 308 Å². The number of nitrogens with two attached hydrogens (primary N) is 4. The lowest BCUT2D eigenvalue weighted by Gasteiger charge is -2.48. The summed E-state index contributed by atoms with van der Waals surface area (Å²) < 4.78 is 58.4. The number of nitrogens with zero attached hydrogens (tertiary/aromatic N) is 1. The van der Waals surface area contributed by atoms with Crippen molar-refractivity contribution >= 4 is 94.1 Å². The number of carboxylic acids is 1. The van der Waals surface area contributed by atoms with Crippen LogP contribution in [0, 0.1) is 5.92 Å². The van der Waals surface area contributed by atoms with Gasteiger partial charge in [-0.15, -0.1) is 0 Å². The lowest BCUT2D eigenvalue weighted by atomic mass is 9.84. The lowest BCUT2D eigenvalue weighted by molar-refractivity contribution is -0.334. The minimum absolute atomic E-state index is 0.167. The first-order chi connectivity index (χ1) is 65.8. The molecule has 3 fully saturated rings. The number of benzene rings is 7. The van der Waals surface area contributed by atoms with Crippen LogP contribution in [0.5, 0.6) is 46.0 Å². The molecule has 748 valence electrons. The van der Waals surface area contributed by atoms with Gasteiger partial charge in [-0.1, -0.05) is 110 Å². The van der Waals surface area contributed by atoms with Crippen molar-refractivity contribution in [2.45, 2.75) is 232 Å². The minimum atomic E-state index is -2.49. The number of hydrogen-bond acceptors (Lipinski definition) is 32. The van der Waals surface area contributed by atoms with Crippen molar-refractivity contribution in [2.75, 3.05) is 26.9 Å². The quantitative estimate of drug-likeness (QED) is 0.0270. The van der Waals surface area contributed by atoms with Gasteiger partial charge in [0, 0.05) is 65.3 Å². The van der Waals surface area contributed by atoms with Crippen molar-refractivity contribution in [3.8, 4) is 68.2 Å². The number of unbranched alkanes of at least 4 members (excludes halogenated alkanes) is 1. The van der Waals surface area contributed by atoms with Crippen LogP contribution in [-0.2, 0) is 78.1 Å². The first-order valence-corrected chi connectivity index (χ1v) is 45.8. The van der Waals surface area contributed by atoms with Crippen LogP contribution < -0.4 is 79.7 Å². The maximum absolute atomic E-state index is 16.7. The molecule has 3 saturated heterocycles. The maximum atomic E-state index is 16.7. The first kappa shape index (κ1) is 104. The Bertz CT molecular complexity index is 5740. The predicted octanol–water partition coefficient (Wildman–Crippen LogP) is 3.87. The zero-order valence-corrected chi connectivity index (χ0v) is 78.5. The molecule has 26 N–H and O–H groups in total. The third-order valence-corrected chi connectivity index (χ3v) is 25.9. The number of likely N-dealkylation sites (N-methyl/N-ethyl adjacent to an activating group) is 1. The number of fused-ring (bicyclic) bond motifs is 15. The van der Waals surface area contributed by atoms with E-state index in [2.05, 4.69) is 42.5 Å². The molecule has 0 radical (unpaired) electrons. The molecule has 8 aliphatic rings. The van der Waals surface area contributed by atoms with E-state index in [0.29, 0.717) is 24.4 Å². The van der Waals surface area contributed by atoms with Gasteiger partial charge in [-0.3, -0.25) is 43.3 Å². The number of carbonyl (C=O) groups excluding carboxylic acids is 9. The van der Waals surface area contributed by atoms with E-state index >= 15 is 28.8 Å². The van der Waals surface area contributed by atoms with Crippen LogP contribution in [0.2, 0.25) is 15.1 Å². The van der Waals surface area contributed by atoms with Crippen LogP contribution >= 0.6 is 34.8 Å². The molecule has 8 heterocycles. The highest BCUT2D eigenvalue weighted by Gasteiger charge is 2.54. The maximum Gasteiger partial charge on any atom is 0.411 e.